The van der Waals surface area contributed by atoms with Crippen LogP contribution in [-0.4, -0.2) is 23.7 Å². The number of nitrogens with one attached hydrogen (secondary N) is 1. The molecule has 5 nitrogen and oxygen atoms in total. The summed E-state index contributed by atoms with van der Waals surface area (Å²) < 4.78 is 11.1. The third-order valence-corrected chi connectivity index (χ3v) is 3.24. The summed E-state index contributed by atoms with van der Waals surface area (Å²) in [4.78, 5) is 4.37. The molecule has 1 aromatic carbocycles. The summed E-state index contributed by atoms with van der Waals surface area (Å²) in [6.07, 6.45) is 2.40. The van der Waals surface area contributed by atoms with Gasteiger partial charge in [0, 0.05) is 24.4 Å². The molecule has 1 heterocycles. The molecule has 0 aliphatic heterocycles. The Balaban J connectivity index is 1.65. The molecule has 0 radical (unpaired) electrons. The Morgan fingerprint density at radius 2 is 2.33 bits per heavy atom. The first kappa shape index (κ1) is 11.3. The van der Waals surface area contributed by atoms with Gasteiger partial charge >= 0.3 is 0 Å². The van der Waals surface area contributed by atoms with Gasteiger partial charge in [-0.2, -0.15) is 4.98 Å². The lowest BCUT2D eigenvalue weighted by atomic mass is 9.89. The van der Waals surface area contributed by atoms with E-state index in [2.05, 4.69) is 10.3 Å². The number of aromatic nitrogens is 1. The van der Waals surface area contributed by atoms with Gasteiger partial charge in [0.25, 0.3) is 6.01 Å². The summed E-state index contributed by atoms with van der Waals surface area (Å²) in [5, 5.41) is 3.28. The third kappa shape index (κ3) is 2.13. The van der Waals surface area contributed by atoms with Gasteiger partial charge in [0.05, 0.1) is 6.10 Å². The molecule has 0 saturated heterocycles. The van der Waals surface area contributed by atoms with Gasteiger partial charge in [-0.1, -0.05) is 0 Å². The van der Waals surface area contributed by atoms with Crippen LogP contribution in [0.25, 0.3) is 11.1 Å². The van der Waals surface area contributed by atoms with Gasteiger partial charge in [-0.3, -0.25) is 0 Å². The smallest absolute Gasteiger partial charge is 0.295 e. The predicted octanol–water partition coefficient (Wildman–Crippen LogP) is 2.39. The van der Waals surface area contributed by atoms with Crippen molar-refractivity contribution in [3.05, 3.63) is 18.2 Å². The summed E-state index contributed by atoms with van der Waals surface area (Å²) in [5.74, 6) is 0. The zero-order valence-corrected chi connectivity index (χ0v) is 10.3. The molecular weight excluding hydrogens is 230 g/mol. The number of fused-ring (bicyclic) bond motifs is 1. The zero-order valence-electron chi connectivity index (χ0n) is 10.3. The van der Waals surface area contributed by atoms with E-state index in [1.165, 1.54) is 0 Å². The molecule has 1 aliphatic rings. The van der Waals surface area contributed by atoms with Gasteiger partial charge in [0.2, 0.25) is 0 Å². The molecule has 0 atom stereocenters. The minimum atomic E-state index is 0.382. The molecule has 1 aliphatic carbocycles. The Kier molecular flexibility index (Phi) is 2.83. The number of nitrogen functional groups attached to an aromatic ring is 1. The average molecular weight is 247 g/mol. The van der Waals surface area contributed by atoms with Gasteiger partial charge in [0.1, 0.15) is 5.52 Å². The Bertz CT molecular complexity index is 546. The molecule has 18 heavy (non-hydrogen) atoms. The molecule has 0 bridgehead atoms. The van der Waals surface area contributed by atoms with E-state index in [1.807, 2.05) is 19.1 Å². The summed E-state index contributed by atoms with van der Waals surface area (Å²) in [7, 11) is 0. The van der Waals surface area contributed by atoms with E-state index in [0.29, 0.717) is 23.8 Å². The normalized spacial score (nSPS) is 22.9. The van der Waals surface area contributed by atoms with Gasteiger partial charge < -0.3 is 20.2 Å². The lowest BCUT2D eigenvalue weighted by Gasteiger charge is -2.34. The molecule has 1 saturated carbocycles. The van der Waals surface area contributed by atoms with E-state index < -0.39 is 0 Å². The Hall–Kier alpha value is -1.75. The number of hydrogen-bond acceptors (Lipinski definition) is 5. The number of nitrogens with zero attached hydrogens (tertiary/aromatic N) is 1. The van der Waals surface area contributed by atoms with E-state index in [1.54, 1.807) is 6.07 Å². The molecule has 96 valence electrons. The highest BCUT2D eigenvalue weighted by atomic mass is 16.5. The first-order valence-electron chi connectivity index (χ1n) is 6.29. The maximum Gasteiger partial charge on any atom is 0.295 e. The van der Waals surface area contributed by atoms with Crippen LogP contribution in [0.4, 0.5) is 11.7 Å². The fraction of sp³-hybridized carbons (Fsp3) is 0.462. The minimum Gasteiger partial charge on any atom is -0.423 e. The topological polar surface area (TPSA) is 73.3 Å². The molecule has 3 N–H and O–H groups in total. The Morgan fingerprint density at radius 1 is 1.50 bits per heavy atom. The summed E-state index contributed by atoms with van der Waals surface area (Å²) in [6, 6.07) is 6.44. The van der Waals surface area contributed by atoms with Crippen molar-refractivity contribution in [1.82, 2.24) is 4.98 Å². The van der Waals surface area contributed by atoms with Crippen molar-refractivity contribution in [2.75, 3.05) is 17.7 Å². The van der Waals surface area contributed by atoms with Crippen molar-refractivity contribution >= 4 is 22.8 Å². The average Bonchev–Trinajstić information content (AvgIpc) is 2.68. The summed E-state index contributed by atoms with van der Waals surface area (Å²) in [6.45, 7) is 2.80. The van der Waals surface area contributed by atoms with E-state index in [-0.39, 0.29) is 0 Å². The first-order chi connectivity index (χ1) is 8.74. The molecule has 0 unspecified atom stereocenters. The maximum absolute atomic E-state index is 5.70. The van der Waals surface area contributed by atoms with Crippen LogP contribution in [0, 0.1) is 0 Å². The van der Waals surface area contributed by atoms with Gasteiger partial charge in [-0.15, -0.1) is 0 Å². The van der Waals surface area contributed by atoms with E-state index >= 15 is 0 Å². The van der Waals surface area contributed by atoms with Gasteiger partial charge in [-0.25, -0.2) is 0 Å². The number of hydrogen-bond donors (Lipinski definition) is 2. The fourth-order valence-electron chi connectivity index (χ4n) is 2.23. The van der Waals surface area contributed by atoms with Crippen LogP contribution < -0.4 is 11.1 Å². The van der Waals surface area contributed by atoms with Crippen LogP contribution in [-0.2, 0) is 4.74 Å². The highest BCUT2D eigenvalue weighted by Gasteiger charge is 2.30. The van der Waals surface area contributed by atoms with Crippen LogP contribution in [0.3, 0.4) is 0 Å². The van der Waals surface area contributed by atoms with Crippen molar-refractivity contribution in [2.24, 2.45) is 0 Å². The van der Waals surface area contributed by atoms with Gasteiger partial charge in [-0.05, 0) is 31.9 Å². The SMILES string of the molecule is CCOC1CC(Nc2nc3ccc(N)cc3o2)C1. The molecule has 0 amide bonds. The molecule has 5 heteroatoms. The number of ether oxygens (including phenoxy) is 1. The Labute approximate surface area is 105 Å². The maximum atomic E-state index is 5.70. The van der Waals surface area contributed by atoms with Crippen molar-refractivity contribution in [2.45, 2.75) is 31.9 Å². The monoisotopic (exact) mass is 247 g/mol. The van der Waals surface area contributed by atoms with Crippen molar-refractivity contribution in [1.29, 1.82) is 0 Å². The quantitative estimate of drug-likeness (QED) is 0.811. The molecule has 1 fully saturated rings. The lowest BCUT2D eigenvalue weighted by Crippen LogP contribution is -2.40. The number of benzene rings is 1. The third-order valence-electron chi connectivity index (χ3n) is 3.24. The first-order valence-corrected chi connectivity index (χ1v) is 6.29. The Morgan fingerprint density at radius 3 is 3.11 bits per heavy atom. The molecule has 1 aromatic heterocycles. The second-order valence-corrected chi connectivity index (χ2v) is 4.64. The molecule has 0 spiro atoms. The second-order valence-electron chi connectivity index (χ2n) is 4.64. The van der Waals surface area contributed by atoms with Crippen LogP contribution in [0.2, 0.25) is 0 Å². The largest absolute Gasteiger partial charge is 0.423 e. The lowest BCUT2D eigenvalue weighted by molar-refractivity contribution is 0.00260. The number of nitrogens with two attached hydrogens (primary N) is 1. The van der Waals surface area contributed by atoms with Crippen molar-refractivity contribution < 1.29 is 9.15 Å². The summed E-state index contributed by atoms with van der Waals surface area (Å²) in [5.41, 5.74) is 7.93. The molecule has 3 rings (SSSR count). The molecular formula is C13H17N3O2. The highest BCUT2D eigenvalue weighted by Crippen LogP contribution is 2.28. The second kappa shape index (κ2) is 4.49. The predicted molar refractivity (Wildman–Crippen MR) is 70.5 cm³/mol. The van der Waals surface area contributed by atoms with E-state index in [0.717, 1.165) is 30.5 Å². The standard InChI is InChI=1S/C13H17N3O2/c1-2-17-10-6-9(7-10)15-13-16-11-4-3-8(14)5-12(11)18-13/h3-5,9-10H,2,6-7,14H2,1H3,(H,15,16). The van der Waals surface area contributed by atoms with Crippen LogP contribution >= 0.6 is 0 Å². The van der Waals surface area contributed by atoms with Crippen LogP contribution in [0.15, 0.2) is 22.6 Å². The van der Waals surface area contributed by atoms with Crippen molar-refractivity contribution in [3.8, 4) is 0 Å². The number of rotatable bonds is 4. The van der Waals surface area contributed by atoms with Crippen LogP contribution in [0.1, 0.15) is 19.8 Å². The van der Waals surface area contributed by atoms with Crippen LogP contribution in [0.5, 0.6) is 0 Å². The highest BCUT2D eigenvalue weighted by molar-refractivity contribution is 5.78. The minimum absolute atomic E-state index is 0.382. The number of anilines is 2. The number of oxazole rings is 1. The summed E-state index contributed by atoms with van der Waals surface area (Å²) >= 11 is 0. The van der Waals surface area contributed by atoms with Crippen molar-refractivity contribution in [3.63, 3.8) is 0 Å². The van der Waals surface area contributed by atoms with E-state index in [9.17, 15) is 0 Å². The zero-order chi connectivity index (χ0) is 12.5. The van der Waals surface area contributed by atoms with E-state index in [4.69, 9.17) is 14.9 Å². The van der Waals surface area contributed by atoms with Gasteiger partial charge in [0.15, 0.2) is 5.58 Å². The fourth-order valence-corrected chi connectivity index (χ4v) is 2.23. The molecule has 2 aromatic rings.